The Morgan fingerprint density at radius 1 is 1.25 bits per heavy atom. The summed E-state index contributed by atoms with van der Waals surface area (Å²) in [7, 11) is -5.14. The van der Waals surface area contributed by atoms with Gasteiger partial charge >= 0.3 is 154 Å². The van der Waals surface area contributed by atoms with Gasteiger partial charge in [0, 0.05) is 0 Å². The van der Waals surface area contributed by atoms with Crippen molar-refractivity contribution in [2.24, 2.45) is 0 Å². The monoisotopic (exact) mass is 270 g/mol. The van der Waals surface area contributed by atoms with Crippen LogP contribution in [-0.2, 0) is 13.9 Å². The number of carboxylic acid groups (broad SMARTS) is 1. The van der Waals surface area contributed by atoms with E-state index in [0.29, 0.717) is 0 Å². The molecule has 0 fully saturated rings. The van der Waals surface area contributed by atoms with E-state index in [0.717, 1.165) is 0 Å². The number of carbonyl (C=O) groups is 1. The smallest absolute Gasteiger partial charge is 0.790 e. The largest absolute Gasteiger partial charge is 1.00 e. The number of hydrogen-bond acceptors (Lipinski definition) is 6. The van der Waals surface area contributed by atoms with Crippen LogP contribution in [0.1, 0.15) is 0 Å². The molecule has 0 unspecified atom stereocenters. The molecule has 0 N–H and O–H groups in total. The Morgan fingerprint density at radius 3 is 1.67 bits per heavy atom. The molecule has 0 aromatic rings. The van der Waals surface area contributed by atoms with Gasteiger partial charge in [0.25, 0.3) is 0 Å². The average Bonchev–Trinajstić information content (AvgIpc) is 1.59. The first-order chi connectivity index (χ1) is 3.92. The summed E-state index contributed by atoms with van der Waals surface area (Å²) < 4.78 is 12.8. The Bertz CT molecular complexity index is 155. The molecule has 0 bridgehead atoms. The molecule has 54 valence electrons. The molecule has 10 heteroatoms. The molecule has 0 aliphatic heterocycles. The summed E-state index contributed by atoms with van der Waals surface area (Å²) in [5.74, 6) is -1.75. The number of carboxylic acids is 1. The number of phosphoric acid groups is 1. The third-order valence-electron chi connectivity index (χ3n) is 0.341. The maximum absolute atomic E-state index is 9.49. The second-order valence-corrected chi connectivity index (χ2v) is 2.25. The second kappa shape index (κ2) is 13.6. The summed E-state index contributed by atoms with van der Waals surface area (Å²) in [6, 6.07) is 0. The molecule has 0 heterocycles. The Morgan fingerprint density at radius 2 is 1.58 bits per heavy atom. The minimum absolute atomic E-state index is 0. The van der Waals surface area contributed by atoms with E-state index in [4.69, 9.17) is 0 Å². The van der Waals surface area contributed by atoms with E-state index in [-0.39, 0.29) is 154 Å². The molecule has 0 saturated carbocycles. The van der Waals surface area contributed by atoms with Crippen molar-refractivity contribution in [3.63, 3.8) is 0 Å². The number of hydrogen-bond donors (Lipinski definition) is 0. The van der Waals surface area contributed by atoms with Gasteiger partial charge < -0.3 is 28.8 Å². The summed E-state index contributed by atoms with van der Waals surface area (Å²) in [4.78, 5) is 28.4. The molecule has 0 radical (unpaired) electrons. The molecule has 0 saturated heterocycles. The SMILES string of the molecule is O=C([O-])COP(=O)([O-])[O-].[K+].[K+].[K+]. The Labute approximate surface area is 197 Å². The maximum Gasteiger partial charge on any atom is 1.00 e. The molecule has 0 aliphatic rings. The van der Waals surface area contributed by atoms with Crippen molar-refractivity contribution in [2.45, 2.75) is 0 Å². The predicted molar refractivity (Wildman–Crippen MR) is 18.6 cm³/mol. The molecule has 0 aromatic heterocycles. The molecule has 0 atom stereocenters. The molecular weight excluding hydrogens is 268 g/mol. The van der Waals surface area contributed by atoms with Gasteiger partial charge in [0.05, 0.1) is 20.4 Å². The zero-order valence-corrected chi connectivity index (χ0v) is 17.4. The summed E-state index contributed by atoms with van der Waals surface area (Å²) in [5, 5.41) is 9.41. The normalized spacial score (nSPS) is 8.50. The van der Waals surface area contributed by atoms with Crippen molar-refractivity contribution >= 4 is 13.8 Å². The molecule has 0 rings (SSSR count). The molecule has 0 spiro atoms. The predicted octanol–water partition coefficient (Wildman–Crippen LogP) is -12.4. The van der Waals surface area contributed by atoms with Crippen LogP contribution in [0.15, 0.2) is 0 Å². The van der Waals surface area contributed by atoms with Crippen LogP contribution < -0.4 is 169 Å². The van der Waals surface area contributed by atoms with Crippen LogP contribution in [0.2, 0.25) is 0 Å². The van der Waals surface area contributed by atoms with Crippen molar-refractivity contribution in [3.05, 3.63) is 0 Å². The van der Waals surface area contributed by atoms with E-state index in [1.807, 2.05) is 0 Å². The van der Waals surface area contributed by atoms with Gasteiger partial charge in [-0.15, -0.1) is 0 Å². The van der Waals surface area contributed by atoms with Crippen molar-refractivity contribution in [1.82, 2.24) is 0 Å². The van der Waals surface area contributed by atoms with Crippen molar-refractivity contribution in [1.29, 1.82) is 0 Å². The van der Waals surface area contributed by atoms with E-state index in [2.05, 4.69) is 4.52 Å². The zero-order chi connectivity index (χ0) is 7.49. The van der Waals surface area contributed by atoms with E-state index in [1.165, 1.54) is 0 Å². The van der Waals surface area contributed by atoms with Crippen LogP contribution in [0, 0.1) is 0 Å². The third-order valence-corrected chi connectivity index (χ3v) is 0.786. The van der Waals surface area contributed by atoms with Crippen LogP contribution in [0.4, 0.5) is 0 Å². The number of rotatable bonds is 3. The summed E-state index contributed by atoms with van der Waals surface area (Å²) in [6.45, 7) is -1.22. The maximum atomic E-state index is 9.49. The fraction of sp³-hybridized carbons (Fsp3) is 0.500. The first kappa shape index (κ1) is 25.4. The average molecular weight is 270 g/mol. The van der Waals surface area contributed by atoms with Crippen molar-refractivity contribution in [3.8, 4) is 0 Å². The Balaban J connectivity index is -0.000000107. The van der Waals surface area contributed by atoms with Gasteiger partial charge in [0.15, 0.2) is 0 Å². The van der Waals surface area contributed by atoms with Crippen LogP contribution in [0.3, 0.4) is 0 Å². The topological polar surface area (TPSA) is 113 Å². The minimum Gasteiger partial charge on any atom is -0.790 e. The van der Waals surface area contributed by atoms with Crippen molar-refractivity contribution < 1.29 is 183 Å². The van der Waals surface area contributed by atoms with E-state index >= 15 is 0 Å². The Hall–Kier alpha value is 4.49. The van der Waals surface area contributed by atoms with Gasteiger partial charge in [-0.05, 0) is 0 Å². The van der Waals surface area contributed by atoms with Gasteiger partial charge in [0.2, 0.25) is 0 Å². The molecule has 0 aromatic carbocycles. The third kappa shape index (κ3) is 24.0. The molecule has 0 amide bonds. The summed E-state index contributed by atoms with van der Waals surface area (Å²) in [5.41, 5.74) is 0. The van der Waals surface area contributed by atoms with Gasteiger partial charge in [-0.3, -0.25) is 0 Å². The van der Waals surface area contributed by atoms with E-state index in [9.17, 15) is 24.3 Å². The van der Waals surface area contributed by atoms with Crippen LogP contribution in [0.25, 0.3) is 0 Å². The van der Waals surface area contributed by atoms with Gasteiger partial charge in [0.1, 0.15) is 0 Å². The molecular formula is C2H2K3O6P. The molecule has 0 aliphatic carbocycles. The van der Waals surface area contributed by atoms with Crippen LogP contribution in [0.5, 0.6) is 0 Å². The van der Waals surface area contributed by atoms with Gasteiger partial charge in [-0.25, -0.2) is 0 Å². The standard InChI is InChI=1S/C2H5O6P.3K/c3-2(4)1-8-9(5,6)7;;;/h1H2,(H,3,4)(H2,5,6,7);;;/q;3*+1/p-3. The Kier molecular flexibility index (Phi) is 28.6. The summed E-state index contributed by atoms with van der Waals surface area (Å²) in [6.07, 6.45) is 0. The fourth-order valence-electron chi connectivity index (χ4n) is 0.132. The summed E-state index contributed by atoms with van der Waals surface area (Å²) >= 11 is 0. The van der Waals surface area contributed by atoms with Crippen LogP contribution >= 0.6 is 7.82 Å². The minimum atomic E-state index is -5.14. The molecule has 12 heavy (non-hydrogen) atoms. The quantitative estimate of drug-likeness (QED) is 0.372. The molecule has 6 nitrogen and oxygen atoms in total. The van der Waals surface area contributed by atoms with Crippen molar-refractivity contribution in [2.75, 3.05) is 6.61 Å². The van der Waals surface area contributed by atoms with E-state index in [1.54, 1.807) is 0 Å². The number of phosphoric ester groups is 1. The van der Waals surface area contributed by atoms with Crippen LogP contribution in [-0.4, -0.2) is 12.6 Å². The number of aliphatic carboxylic acids is 1. The first-order valence-corrected chi connectivity index (χ1v) is 3.24. The van der Waals surface area contributed by atoms with Gasteiger partial charge in [-0.1, -0.05) is 0 Å². The fourth-order valence-corrected chi connectivity index (χ4v) is 0.395. The first-order valence-electron chi connectivity index (χ1n) is 1.78. The van der Waals surface area contributed by atoms with Gasteiger partial charge in [-0.2, -0.15) is 0 Å². The number of carbonyl (C=O) groups excluding carboxylic acids is 1. The zero-order valence-electron chi connectivity index (χ0n) is 7.10. The van der Waals surface area contributed by atoms with E-state index < -0.39 is 20.4 Å². The second-order valence-electron chi connectivity index (χ2n) is 1.09.